The molecular weight excluding hydrogens is 416 g/mol. The SMILES string of the molecule is CCCN1C=NS(=O)(=O)c2cc(C(=O)N3CCN(c4ccc(OC)cc4)CC3)ccc21. The third kappa shape index (κ3) is 4.23. The van der Waals surface area contributed by atoms with Gasteiger partial charge in [-0.05, 0) is 48.9 Å². The van der Waals surface area contributed by atoms with Crippen LogP contribution in [-0.2, 0) is 10.0 Å². The molecule has 164 valence electrons. The highest BCUT2D eigenvalue weighted by molar-refractivity contribution is 7.90. The minimum absolute atomic E-state index is 0.0890. The van der Waals surface area contributed by atoms with Crippen LogP contribution in [0.4, 0.5) is 11.4 Å². The van der Waals surface area contributed by atoms with Crippen LogP contribution >= 0.6 is 0 Å². The third-order valence-corrected chi connectivity index (χ3v) is 6.84. The Kier molecular flexibility index (Phi) is 5.86. The van der Waals surface area contributed by atoms with E-state index in [1.54, 1.807) is 29.0 Å². The van der Waals surface area contributed by atoms with E-state index >= 15 is 0 Å². The Hall–Kier alpha value is -3.07. The predicted octanol–water partition coefficient (Wildman–Crippen LogP) is 2.60. The Labute approximate surface area is 182 Å². The van der Waals surface area contributed by atoms with Crippen molar-refractivity contribution in [2.24, 2.45) is 4.40 Å². The molecule has 4 rings (SSSR count). The first-order valence-corrected chi connectivity index (χ1v) is 11.8. The van der Waals surface area contributed by atoms with Crippen molar-refractivity contribution in [2.45, 2.75) is 18.2 Å². The van der Waals surface area contributed by atoms with Crippen molar-refractivity contribution in [1.82, 2.24) is 4.90 Å². The average molecular weight is 443 g/mol. The lowest BCUT2D eigenvalue weighted by molar-refractivity contribution is 0.0746. The van der Waals surface area contributed by atoms with E-state index in [2.05, 4.69) is 9.30 Å². The van der Waals surface area contributed by atoms with Crippen molar-refractivity contribution in [3.8, 4) is 5.75 Å². The van der Waals surface area contributed by atoms with Crippen molar-refractivity contribution in [3.63, 3.8) is 0 Å². The molecule has 2 heterocycles. The molecule has 0 radical (unpaired) electrons. The Morgan fingerprint density at radius 3 is 2.42 bits per heavy atom. The van der Waals surface area contributed by atoms with Crippen molar-refractivity contribution in [3.05, 3.63) is 48.0 Å². The van der Waals surface area contributed by atoms with Crippen LogP contribution in [0.3, 0.4) is 0 Å². The Bertz CT molecular complexity index is 1090. The van der Waals surface area contributed by atoms with Crippen LogP contribution in [0.5, 0.6) is 5.75 Å². The molecule has 0 spiro atoms. The number of sulfonamides is 1. The van der Waals surface area contributed by atoms with Gasteiger partial charge in [-0.1, -0.05) is 6.92 Å². The van der Waals surface area contributed by atoms with Gasteiger partial charge in [0.2, 0.25) is 0 Å². The summed E-state index contributed by atoms with van der Waals surface area (Å²) in [5.41, 5.74) is 2.02. The zero-order valence-electron chi connectivity index (χ0n) is 17.7. The van der Waals surface area contributed by atoms with Crippen molar-refractivity contribution >= 4 is 33.6 Å². The van der Waals surface area contributed by atoms with Gasteiger partial charge in [-0.3, -0.25) is 4.79 Å². The molecule has 8 nitrogen and oxygen atoms in total. The van der Waals surface area contributed by atoms with Gasteiger partial charge < -0.3 is 19.4 Å². The lowest BCUT2D eigenvalue weighted by Crippen LogP contribution is -2.48. The fourth-order valence-corrected chi connectivity index (χ4v) is 4.97. The number of hydrogen-bond acceptors (Lipinski definition) is 6. The lowest BCUT2D eigenvalue weighted by atomic mass is 10.1. The standard InChI is InChI=1S/C22H26N4O4S/c1-3-10-26-16-23-31(28,29)21-15-17(4-9-20(21)26)22(27)25-13-11-24(12-14-25)18-5-7-19(30-2)8-6-18/h4-9,15-16H,3,10-14H2,1-2H3. The fraction of sp³-hybridized carbons (Fsp3) is 0.364. The summed E-state index contributed by atoms with van der Waals surface area (Å²) in [5, 5.41) is 0. The molecule has 1 fully saturated rings. The molecule has 2 aromatic carbocycles. The summed E-state index contributed by atoms with van der Waals surface area (Å²) < 4.78 is 33.8. The molecule has 2 aromatic rings. The molecule has 0 bridgehead atoms. The number of hydrogen-bond donors (Lipinski definition) is 0. The molecule has 0 atom stereocenters. The van der Waals surface area contributed by atoms with Crippen molar-refractivity contribution < 1.29 is 17.9 Å². The number of carbonyl (C=O) groups is 1. The van der Waals surface area contributed by atoms with Crippen LogP contribution in [0.1, 0.15) is 23.7 Å². The van der Waals surface area contributed by atoms with Gasteiger partial charge in [-0.25, -0.2) is 0 Å². The first kappa shape index (κ1) is 21.2. The molecule has 2 aliphatic rings. The van der Waals surface area contributed by atoms with Crippen LogP contribution in [-0.4, -0.2) is 65.4 Å². The van der Waals surface area contributed by atoms with Crippen molar-refractivity contribution in [1.29, 1.82) is 0 Å². The van der Waals surface area contributed by atoms with E-state index in [0.29, 0.717) is 44.0 Å². The zero-order chi connectivity index (χ0) is 22.0. The van der Waals surface area contributed by atoms with Gasteiger partial charge in [0.1, 0.15) is 17.0 Å². The zero-order valence-corrected chi connectivity index (χ0v) is 18.5. The predicted molar refractivity (Wildman–Crippen MR) is 121 cm³/mol. The Morgan fingerprint density at radius 2 is 1.77 bits per heavy atom. The van der Waals surface area contributed by atoms with Gasteiger partial charge >= 0.3 is 0 Å². The van der Waals surface area contributed by atoms with Gasteiger partial charge in [0.25, 0.3) is 15.9 Å². The molecule has 31 heavy (non-hydrogen) atoms. The molecule has 0 N–H and O–H groups in total. The highest BCUT2D eigenvalue weighted by atomic mass is 32.2. The normalized spacial score (nSPS) is 17.4. The minimum atomic E-state index is -3.79. The molecule has 0 saturated carbocycles. The number of rotatable bonds is 5. The number of anilines is 2. The fourth-order valence-electron chi connectivity index (χ4n) is 3.89. The van der Waals surface area contributed by atoms with Gasteiger partial charge in [0, 0.05) is 44.0 Å². The molecule has 0 unspecified atom stereocenters. The number of carbonyl (C=O) groups excluding carboxylic acids is 1. The second-order valence-electron chi connectivity index (χ2n) is 7.55. The maximum Gasteiger partial charge on any atom is 0.285 e. The summed E-state index contributed by atoms with van der Waals surface area (Å²) in [7, 11) is -2.15. The topological polar surface area (TPSA) is 82.5 Å². The van der Waals surface area contributed by atoms with Gasteiger partial charge in [0.15, 0.2) is 0 Å². The summed E-state index contributed by atoms with van der Waals surface area (Å²) in [6.07, 6.45) is 2.20. The van der Waals surface area contributed by atoms with Gasteiger partial charge in [-0.15, -0.1) is 4.40 Å². The number of piperazine rings is 1. The highest BCUT2D eigenvalue weighted by Crippen LogP contribution is 2.31. The van der Waals surface area contributed by atoms with Crippen LogP contribution in [0.25, 0.3) is 0 Å². The maximum absolute atomic E-state index is 13.1. The number of methoxy groups -OCH3 is 1. The molecule has 0 aromatic heterocycles. The number of fused-ring (bicyclic) bond motifs is 1. The summed E-state index contributed by atoms with van der Waals surface area (Å²) in [6.45, 7) is 5.21. The van der Waals surface area contributed by atoms with Gasteiger partial charge in [-0.2, -0.15) is 8.42 Å². The Morgan fingerprint density at radius 1 is 1.06 bits per heavy atom. The number of amides is 1. The number of ether oxygens (including phenoxy) is 1. The smallest absolute Gasteiger partial charge is 0.285 e. The molecule has 1 saturated heterocycles. The van der Waals surface area contributed by atoms with E-state index in [4.69, 9.17) is 4.74 Å². The summed E-state index contributed by atoms with van der Waals surface area (Å²) in [5.74, 6) is 0.644. The third-order valence-electron chi connectivity index (χ3n) is 5.59. The number of nitrogens with zero attached hydrogens (tertiary/aromatic N) is 4. The van der Waals surface area contributed by atoms with Crippen molar-refractivity contribution in [2.75, 3.05) is 49.6 Å². The minimum Gasteiger partial charge on any atom is -0.497 e. The quantitative estimate of drug-likeness (QED) is 0.708. The Balaban J connectivity index is 1.48. The molecule has 9 heteroatoms. The first-order valence-electron chi connectivity index (χ1n) is 10.3. The largest absolute Gasteiger partial charge is 0.497 e. The lowest BCUT2D eigenvalue weighted by Gasteiger charge is -2.36. The van der Waals surface area contributed by atoms with Crippen LogP contribution in [0.2, 0.25) is 0 Å². The molecule has 1 amide bonds. The van der Waals surface area contributed by atoms with Crippen LogP contribution in [0.15, 0.2) is 51.8 Å². The summed E-state index contributed by atoms with van der Waals surface area (Å²) >= 11 is 0. The van der Waals surface area contributed by atoms with Crippen LogP contribution in [0, 0.1) is 0 Å². The molecule has 0 aliphatic carbocycles. The summed E-state index contributed by atoms with van der Waals surface area (Å²) in [6, 6.07) is 12.7. The van der Waals surface area contributed by atoms with E-state index in [-0.39, 0.29) is 10.8 Å². The van der Waals surface area contributed by atoms with E-state index in [1.165, 1.54) is 12.4 Å². The van der Waals surface area contributed by atoms with Crippen LogP contribution < -0.4 is 14.5 Å². The monoisotopic (exact) mass is 442 g/mol. The average Bonchev–Trinajstić information content (AvgIpc) is 2.80. The highest BCUT2D eigenvalue weighted by Gasteiger charge is 2.28. The van der Waals surface area contributed by atoms with E-state index in [0.717, 1.165) is 17.9 Å². The maximum atomic E-state index is 13.1. The van der Waals surface area contributed by atoms with E-state index in [9.17, 15) is 13.2 Å². The second kappa shape index (κ2) is 8.58. The number of benzene rings is 2. The molecular formula is C22H26N4O4S. The molecule has 2 aliphatic heterocycles. The van der Waals surface area contributed by atoms with Gasteiger partial charge in [0.05, 0.1) is 12.8 Å². The van der Waals surface area contributed by atoms with E-state index in [1.807, 2.05) is 31.2 Å². The van der Waals surface area contributed by atoms with E-state index < -0.39 is 10.0 Å². The summed E-state index contributed by atoms with van der Waals surface area (Å²) in [4.78, 5) is 19.0. The first-order chi connectivity index (χ1) is 14.9. The second-order valence-corrected chi connectivity index (χ2v) is 9.15.